The molecule has 1 aromatic carbocycles. The molecule has 0 fully saturated rings. The molecule has 1 heterocycles. The van der Waals surface area contributed by atoms with Gasteiger partial charge in [-0.05, 0) is 6.92 Å². The molecule has 0 bridgehead atoms. The smallest absolute Gasteiger partial charge is 0.238 e. The first-order chi connectivity index (χ1) is 7.97. The maximum atomic E-state index is 11.0. The Hall–Kier alpha value is -1.33. The summed E-state index contributed by atoms with van der Waals surface area (Å²) in [6.07, 6.45) is 0. The minimum atomic E-state index is -3.62. The van der Waals surface area contributed by atoms with Crippen molar-refractivity contribution in [3.05, 3.63) is 41.6 Å². The molecule has 1 aromatic heterocycles. The van der Waals surface area contributed by atoms with E-state index in [-0.39, 0.29) is 5.75 Å². The zero-order valence-corrected chi connectivity index (χ0v) is 10.6. The minimum absolute atomic E-state index is 0.323. The van der Waals surface area contributed by atoms with Gasteiger partial charge in [0.25, 0.3) is 0 Å². The van der Waals surface area contributed by atoms with E-state index in [9.17, 15) is 8.42 Å². The zero-order chi connectivity index (χ0) is 12.5. The van der Waals surface area contributed by atoms with E-state index in [1.807, 2.05) is 30.3 Å². The monoisotopic (exact) mass is 271 g/mol. The topological polar surface area (TPSA) is 60.2 Å². The molecular weight excluding hydrogens is 262 g/mol. The van der Waals surface area contributed by atoms with E-state index in [1.165, 1.54) is 0 Å². The average molecular weight is 272 g/mol. The first kappa shape index (κ1) is 12.1. The normalized spacial score (nSPS) is 11.6. The van der Waals surface area contributed by atoms with Crippen LogP contribution in [0, 0.1) is 6.92 Å². The van der Waals surface area contributed by atoms with Crippen molar-refractivity contribution in [2.75, 3.05) is 0 Å². The molecule has 0 atom stereocenters. The Kier molecular flexibility index (Phi) is 3.22. The van der Waals surface area contributed by atoms with Gasteiger partial charge in [-0.25, -0.2) is 8.42 Å². The quantitative estimate of drug-likeness (QED) is 0.806. The third-order valence-electron chi connectivity index (χ3n) is 2.37. The van der Waals surface area contributed by atoms with Gasteiger partial charge in [0.2, 0.25) is 9.05 Å². The average Bonchev–Trinajstić information content (AvgIpc) is 2.60. The number of hydrogen-bond donors (Lipinski definition) is 0. The maximum absolute atomic E-state index is 11.0. The number of nitrogens with zero attached hydrogens (tertiary/aromatic N) is 1. The lowest BCUT2D eigenvalue weighted by Crippen LogP contribution is -1.97. The Balaban J connectivity index is 2.40. The summed E-state index contributed by atoms with van der Waals surface area (Å²) in [5.41, 5.74) is 1.90. The van der Waals surface area contributed by atoms with Crippen LogP contribution < -0.4 is 0 Å². The summed E-state index contributed by atoms with van der Waals surface area (Å²) in [5, 5.41) is 3.74. The molecule has 90 valence electrons. The van der Waals surface area contributed by atoms with Gasteiger partial charge in [-0.2, -0.15) is 0 Å². The number of rotatable bonds is 3. The molecule has 0 saturated carbocycles. The van der Waals surface area contributed by atoms with Crippen molar-refractivity contribution < 1.29 is 12.9 Å². The van der Waals surface area contributed by atoms with E-state index in [4.69, 9.17) is 15.2 Å². The zero-order valence-electron chi connectivity index (χ0n) is 9.05. The van der Waals surface area contributed by atoms with Gasteiger partial charge in [0.1, 0.15) is 11.4 Å². The molecule has 0 amide bonds. The van der Waals surface area contributed by atoms with Crippen LogP contribution in [-0.4, -0.2) is 13.6 Å². The molecule has 2 aromatic rings. The second-order valence-corrected chi connectivity index (χ2v) is 6.41. The second kappa shape index (κ2) is 4.50. The van der Waals surface area contributed by atoms with Crippen LogP contribution in [0.5, 0.6) is 0 Å². The molecule has 17 heavy (non-hydrogen) atoms. The van der Waals surface area contributed by atoms with Gasteiger partial charge in [-0.1, -0.05) is 35.5 Å². The lowest BCUT2D eigenvalue weighted by Gasteiger charge is -1.96. The molecular formula is C11H10ClNO3S. The first-order valence-electron chi connectivity index (χ1n) is 4.90. The highest BCUT2D eigenvalue weighted by atomic mass is 35.7. The second-order valence-electron chi connectivity index (χ2n) is 3.63. The van der Waals surface area contributed by atoms with Crippen molar-refractivity contribution in [2.24, 2.45) is 0 Å². The third kappa shape index (κ3) is 2.87. The van der Waals surface area contributed by atoms with Crippen LogP contribution in [-0.2, 0) is 14.8 Å². The fourth-order valence-electron chi connectivity index (χ4n) is 1.53. The van der Waals surface area contributed by atoms with Crippen LogP contribution in [0.1, 0.15) is 11.3 Å². The first-order valence-corrected chi connectivity index (χ1v) is 7.38. The molecule has 0 unspecified atom stereocenters. The predicted octanol–water partition coefficient (Wildman–Crippen LogP) is 2.72. The molecule has 4 nitrogen and oxygen atoms in total. The molecule has 0 saturated heterocycles. The van der Waals surface area contributed by atoms with Crippen molar-refractivity contribution in [1.82, 2.24) is 5.16 Å². The number of benzene rings is 1. The van der Waals surface area contributed by atoms with Crippen LogP contribution >= 0.6 is 10.7 Å². The van der Waals surface area contributed by atoms with Crippen molar-refractivity contribution >= 4 is 19.7 Å². The Morgan fingerprint density at radius 2 is 1.94 bits per heavy atom. The molecule has 0 aliphatic rings. The van der Waals surface area contributed by atoms with Crippen LogP contribution in [0.2, 0.25) is 0 Å². The number of aromatic nitrogens is 1. The molecule has 0 N–H and O–H groups in total. The van der Waals surface area contributed by atoms with Gasteiger partial charge in [0, 0.05) is 21.8 Å². The van der Waals surface area contributed by atoms with Crippen molar-refractivity contribution in [3.8, 4) is 11.3 Å². The molecule has 0 aliphatic carbocycles. The van der Waals surface area contributed by atoms with Gasteiger partial charge in [-0.3, -0.25) is 0 Å². The maximum Gasteiger partial charge on any atom is 0.238 e. The van der Waals surface area contributed by atoms with Crippen molar-refractivity contribution in [3.63, 3.8) is 0 Å². The van der Waals surface area contributed by atoms with Crippen molar-refractivity contribution in [1.29, 1.82) is 0 Å². The summed E-state index contributed by atoms with van der Waals surface area (Å²) >= 11 is 0. The Morgan fingerprint density at radius 1 is 1.29 bits per heavy atom. The summed E-state index contributed by atoms with van der Waals surface area (Å²) in [6.45, 7) is 1.76. The molecule has 0 spiro atoms. The number of hydrogen-bond acceptors (Lipinski definition) is 4. The van der Waals surface area contributed by atoms with E-state index >= 15 is 0 Å². The van der Waals surface area contributed by atoms with E-state index in [0.717, 1.165) is 5.56 Å². The Morgan fingerprint density at radius 3 is 2.53 bits per heavy atom. The van der Waals surface area contributed by atoms with Gasteiger partial charge in [0.05, 0.1) is 0 Å². The molecule has 0 aliphatic heterocycles. The molecule has 0 radical (unpaired) electrons. The lowest BCUT2D eigenvalue weighted by molar-refractivity contribution is 0.425. The van der Waals surface area contributed by atoms with Gasteiger partial charge in [0.15, 0.2) is 5.76 Å². The van der Waals surface area contributed by atoms with Gasteiger partial charge < -0.3 is 4.52 Å². The summed E-state index contributed by atoms with van der Waals surface area (Å²) in [4.78, 5) is 0. The largest absolute Gasteiger partial charge is 0.356 e. The van der Waals surface area contributed by atoms with Gasteiger partial charge in [-0.15, -0.1) is 0 Å². The highest BCUT2D eigenvalue weighted by molar-refractivity contribution is 8.13. The summed E-state index contributed by atoms with van der Waals surface area (Å²) in [6, 6.07) is 9.36. The van der Waals surface area contributed by atoms with Gasteiger partial charge >= 0.3 is 0 Å². The van der Waals surface area contributed by atoms with Crippen LogP contribution in [0.3, 0.4) is 0 Å². The minimum Gasteiger partial charge on any atom is -0.356 e. The Bertz CT molecular complexity index is 619. The molecule has 2 rings (SSSR count). The summed E-state index contributed by atoms with van der Waals surface area (Å²) < 4.78 is 27.1. The van der Waals surface area contributed by atoms with Crippen molar-refractivity contribution in [2.45, 2.75) is 12.7 Å². The van der Waals surface area contributed by atoms with Crippen LogP contribution in [0.25, 0.3) is 11.3 Å². The predicted molar refractivity (Wildman–Crippen MR) is 65.2 cm³/mol. The lowest BCUT2D eigenvalue weighted by atomic mass is 10.1. The number of halogens is 1. The van der Waals surface area contributed by atoms with E-state index in [0.29, 0.717) is 17.0 Å². The summed E-state index contributed by atoms with van der Waals surface area (Å²) in [5.74, 6) is 0.248. The standard InChI is InChI=1S/C11H10ClNO3S/c1-8-10(7-17(12,14)15)13-16-11(8)9-5-3-2-4-6-9/h2-6H,7H2,1H3. The highest BCUT2D eigenvalue weighted by Gasteiger charge is 2.18. The fourth-order valence-corrected chi connectivity index (χ4v) is 2.43. The van der Waals surface area contributed by atoms with E-state index in [1.54, 1.807) is 6.92 Å². The van der Waals surface area contributed by atoms with Crippen LogP contribution in [0.15, 0.2) is 34.9 Å². The van der Waals surface area contributed by atoms with E-state index in [2.05, 4.69) is 5.16 Å². The fraction of sp³-hybridized carbons (Fsp3) is 0.182. The Labute approximate surface area is 104 Å². The molecule has 6 heteroatoms. The summed E-state index contributed by atoms with van der Waals surface area (Å²) in [7, 11) is 1.57. The van der Waals surface area contributed by atoms with Crippen LogP contribution in [0.4, 0.5) is 0 Å². The highest BCUT2D eigenvalue weighted by Crippen LogP contribution is 2.26. The SMILES string of the molecule is Cc1c(CS(=O)(=O)Cl)noc1-c1ccccc1. The van der Waals surface area contributed by atoms with E-state index < -0.39 is 9.05 Å². The third-order valence-corrected chi connectivity index (χ3v) is 3.31.